The zero-order valence-corrected chi connectivity index (χ0v) is 14.4. The molecule has 5 nitrogen and oxygen atoms in total. The molecule has 3 rings (SSSR count). The van der Waals surface area contributed by atoms with Gasteiger partial charge in [-0.3, -0.25) is 0 Å². The van der Waals surface area contributed by atoms with Crippen LogP contribution in [0.3, 0.4) is 0 Å². The second-order valence-electron chi connectivity index (χ2n) is 5.96. The molecule has 1 aliphatic heterocycles. The van der Waals surface area contributed by atoms with Crippen LogP contribution in [-0.4, -0.2) is 22.6 Å². The van der Waals surface area contributed by atoms with E-state index in [4.69, 9.17) is 17.3 Å². The highest BCUT2D eigenvalue weighted by molar-refractivity contribution is 6.31. The largest absolute Gasteiger partial charge is 0.393 e. The molecule has 1 aromatic carbocycles. The minimum atomic E-state index is -0.460. The van der Waals surface area contributed by atoms with E-state index >= 15 is 0 Å². The van der Waals surface area contributed by atoms with Gasteiger partial charge in [0.1, 0.15) is 17.8 Å². The second-order valence-corrected chi connectivity index (χ2v) is 6.37. The summed E-state index contributed by atoms with van der Waals surface area (Å²) in [4.78, 5) is 10.9. The van der Waals surface area contributed by atoms with Crippen molar-refractivity contribution in [2.75, 3.05) is 22.5 Å². The van der Waals surface area contributed by atoms with E-state index in [2.05, 4.69) is 27.1 Å². The van der Waals surface area contributed by atoms with Crippen LogP contribution in [0.2, 0.25) is 5.02 Å². The van der Waals surface area contributed by atoms with Gasteiger partial charge >= 0.3 is 0 Å². The maximum absolute atomic E-state index is 13.3. The first-order valence-electron chi connectivity index (χ1n) is 8.19. The maximum atomic E-state index is 13.3. The molecule has 0 saturated carbocycles. The van der Waals surface area contributed by atoms with Crippen LogP contribution in [0, 0.1) is 5.82 Å². The predicted molar refractivity (Wildman–Crippen MR) is 96.4 cm³/mol. The van der Waals surface area contributed by atoms with Gasteiger partial charge in [0, 0.05) is 18.3 Å². The van der Waals surface area contributed by atoms with Crippen molar-refractivity contribution >= 4 is 34.6 Å². The highest BCUT2D eigenvalue weighted by Crippen LogP contribution is 2.33. The van der Waals surface area contributed by atoms with Gasteiger partial charge in [-0.2, -0.15) is 0 Å². The van der Waals surface area contributed by atoms with Crippen LogP contribution in [-0.2, 0) is 0 Å². The molecule has 1 aliphatic rings. The first-order chi connectivity index (χ1) is 11.6. The van der Waals surface area contributed by atoms with Crippen molar-refractivity contribution in [3.8, 4) is 0 Å². The second kappa shape index (κ2) is 7.21. The first kappa shape index (κ1) is 16.8. The number of aromatic nitrogens is 2. The quantitative estimate of drug-likeness (QED) is 0.858. The fourth-order valence-electron chi connectivity index (χ4n) is 3.13. The number of anilines is 4. The fraction of sp³-hybridized carbons (Fsp3) is 0.412. The van der Waals surface area contributed by atoms with Gasteiger partial charge in [0.05, 0.1) is 5.02 Å². The van der Waals surface area contributed by atoms with Crippen LogP contribution < -0.4 is 16.0 Å². The van der Waals surface area contributed by atoms with Crippen LogP contribution >= 0.6 is 11.6 Å². The molecule has 0 amide bonds. The summed E-state index contributed by atoms with van der Waals surface area (Å²) in [5.41, 5.74) is 7.44. The van der Waals surface area contributed by atoms with E-state index in [0.717, 1.165) is 31.6 Å². The average Bonchev–Trinajstić information content (AvgIpc) is 2.60. The molecule has 1 fully saturated rings. The Balaban J connectivity index is 1.88. The molecule has 128 valence electrons. The van der Waals surface area contributed by atoms with Gasteiger partial charge in [-0.05, 0) is 43.9 Å². The molecule has 0 spiro atoms. The molecular weight excluding hydrogens is 329 g/mol. The van der Waals surface area contributed by atoms with Crippen molar-refractivity contribution in [2.24, 2.45) is 0 Å². The van der Waals surface area contributed by atoms with Gasteiger partial charge in [-0.15, -0.1) is 0 Å². The molecule has 0 aliphatic carbocycles. The van der Waals surface area contributed by atoms with E-state index < -0.39 is 5.82 Å². The van der Waals surface area contributed by atoms with E-state index in [1.807, 2.05) is 0 Å². The molecule has 0 radical (unpaired) electrons. The molecule has 1 saturated heterocycles. The van der Waals surface area contributed by atoms with E-state index in [-0.39, 0.29) is 5.02 Å². The number of nitrogens with zero attached hydrogens (tertiary/aromatic N) is 3. The molecular formula is C17H21ClFN5. The number of hydrogen-bond acceptors (Lipinski definition) is 5. The van der Waals surface area contributed by atoms with Crippen LogP contribution in [0.5, 0.6) is 0 Å². The zero-order valence-electron chi connectivity index (χ0n) is 13.6. The normalized spacial score (nSPS) is 17.8. The number of benzene rings is 1. The summed E-state index contributed by atoms with van der Waals surface area (Å²) in [6.07, 6.45) is 6.08. The molecule has 0 bridgehead atoms. The van der Waals surface area contributed by atoms with Gasteiger partial charge in [0.15, 0.2) is 11.6 Å². The van der Waals surface area contributed by atoms with Crippen LogP contribution in [0.25, 0.3) is 0 Å². The summed E-state index contributed by atoms with van der Waals surface area (Å²) in [6, 6.07) is 4.86. The van der Waals surface area contributed by atoms with Crippen LogP contribution in [0.1, 0.15) is 32.6 Å². The van der Waals surface area contributed by atoms with Gasteiger partial charge < -0.3 is 16.0 Å². The minimum absolute atomic E-state index is 0.0509. The molecule has 1 unspecified atom stereocenters. The standard InChI is InChI=1S/C17H21ClFN5/c1-2-12-5-3-4-8-24(12)17-15(20)16(21-10-22-17)23-11-6-7-14(19)13(18)9-11/h6-7,9-10,12H,2-5,8,20H2,1H3,(H,21,22,23). The van der Waals surface area contributed by atoms with E-state index in [9.17, 15) is 4.39 Å². The lowest BCUT2D eigenvalue weighted by Gasteiger charge is -2.36. The lowest BCUT2D eigenvalue weighted by molar-refractivity contribution is 0.447. The third-order valence-electron chi connectivity index (χ3n) is 4.42. The number of nitrogens with two attached hydrogens (primary N) is 1. The smallest absolute Gasteiger partial charge is 0.159 e. The van der Waals surface area contributed by atoms with Gasteiger partial charge in [-0.1, -0.05) is 18.5 Å². The molecule has 1 atom stereocenters. The monoisotopic (exact) mass is 349 g/mol. The third kappa shape index (κ3) is 3.38. The lowest BCUT2D eigenvalue weighted by Crippen LogP contribution is -2.40. The minimum Gasteiger partial charge on any atom is -0.393 e. The highest BCUT2D eigenvalue weighted by atomic mass is 35.5. The predicted octanol–water partition coefficient (Wildman–Crippen LogP) is 4.36. The Labute approximate surface area is 146 Å². The summed E-state index contributed by atoms with van der Waals surface area (Å²) in [5, 5.41) is 3.15. The van der Waals surface area contributed by atoms with Crippen molar-refractivity contribution < 1.29 is 4.39 Å². The summed E-state index contributed by atoms with van der Waals surface area (Å²) < 4.78 is 13.3. The zero-order chi connectivity index (χ0) is 17.1. The Bertz CT molecular complexity index is 724. The van der Waals surface area contributed by atoms with Crippen molar-refractivity contribution in [1.82, 2.24) is 9.97 Å². The SMILES string of the molecule is CCC1CCCCN1c1ncnc(Nc2ccc(F)c(Cl)c2)c1N. The Morgan fingerprint density at radius 3 is 2.96 bits per heavy atom. The van der Waals surface area contributed by atoms with E-state index in [1.54, 1.807) is 6.07 Å². The van der Waals surface area contributed by atoms with Crippen molar-refractivity contribution in [3.05, 3.63) is 35.4 Å². The molecule has 3 N–H and O–H groups in total. The molecule has 24 heavy (non-hydrogen) atoms. The van der Waals surface area contributed by atoms with Crippen LogP contribution in [0.15, 0.2) is 24.5 Å². The summed E-state index contributed by atoms with van der Waals surface area (Å²) in [6.45, 7) is 3.13. The van der Waals surface area contributed by atoms with Crippen molar-refractivity contribution in [1.29, 1.82) is 0 Å². The maximum Gasteiger partial charge on any atom is 0.159 e. The molecule has 2 aromatic rings. The number of nitrogen functional groups attached to an aromatic ring is 1. The van der Waals surface area contributed by atoms with Crippen LogP contribution in [0.4, 0.5) is 27.4 Å². The number of halogens is 2. The third-order valence-corrected chi connectivity index (χ3v) is 4.71. The summed E-state index contributed by atoms with van der Waals surface area (Å²) in [7, 11) is 0. The topological polar surface area (TPSA) is 67.1 Å². The molecule has 2 heterocycles. The molecule has 1 aromatic heterocycles. The summed E-state index contributed by atoms with van der Waals surface area (Å²) >= 11 is 5.82. The average molecular weight is 350 g/mol. The van der Waals surface area contributed by atoms with Gasteiger partial charge in [-0.25, -0.2) is 14.4 Å². The Morgan fingerprint density at radius 1 is 1.38 bits per heavy atom. The number of rotatable bonds is 4. The fourth-order valence-corrected chi connectivity index (χ4v) is 3.31. The van der Waals surface area contributed by atoms with Crippen molar-refractivity contribution in [2.45, 2.75) is 38.6 Å². The number of piperidine rings is 1. The Kier molecular flexibility index (Phi) is 5.04. The number of hydrogen-bond donors (Lipinski definition) is 2. The van der Waals surface area contributed by atoms with Gasteiger partial charge in [0.25, 0.3) is 0 Å². The van der Waals surface area contributed by atoms with Crippen molar-refractivity contribution in [3.63, 3.8) is 0 Å². The molecule has 7 heteroatoms. The lowest BCUT2D eigenvalue weighted by atomic mass is 10.00. The first-order valence-corrected chi connectivity index (χ1v) is 8.57. The Morgan fingerprint density at radius 2 is 2.21 bits per heavy atom. The highest BCUT2D eigenvalue weighted by Gasteiger charge is 2.25. The van der Waals surface area contributed by atoms with Gasteiger partial charge in [0.2, 0.25) is 0 Å². The Hall–Kier alpha value is -2.08. The number of nitrogens with one attached hydrogen (secondary N) is 1. The van der Waals surface area contributed by atoms with E-state index in [0.29, 0.717) is 23.2 Å². The van der Waals surface area contributed by atoms with E-state index in [1.165, 1.54) is 24.9 Å². The summed E-state index contributed by atoms with van der Waals surface area (Å²) in [5.74, 6) is 0.799.